The molecule has 0 unspecified atom stereocenters. The standard InChI is InChI=1S/C13H14ClNO4S2/c1-15(21(16,17)13-5-4-6-20-13)10-8-11(18-2)9(14)7-12(10)19-3/h4-8H,1-3H3. The van der Waals surface area contributed by atoms with E-state index < -0.39 is 10.0 Å². The second-order valence-electron chi connectivity index (χ2n) is 4.06. The summed E-state index contributed by atoms with van der Waals surface area (Å²) in [5.41, 5.74) is 0.354. The van der Waals surface area contributed by atoms with E-state index in [2.05, 4.69) is 0 Å². The Morgan fingerprint density at radius 3 is 2.38 bits per heavy atom. The minimum atomic E-state index is -3.65. The molecule has 0 radical (unpaired) electrons. The minimum absolute atomic E-state index is 0.251. The van der Waals surface area contributed by atoms with Gasteiger partial charge in [0.1, 0.15) is 15.7 Å². The van der Waals surface area contributed by atoms with Gasteiger partial charge in [-0.1, -0.05) is 17.7 Å². The van der Waals surface area contributed by atoms with Crippen molar-refractivity contribution >= 4 is 38.6 Å². The maximum absolute atomic E-state index is 12.6. The number of ether oxygens (including phenoxy) is 2. The molecule has 0 saturated heterocycles. The largest absolute Gasteiger partial charge is 0.495 e. The van der Waals surface area contributed by atoms with Crippen molar-refractivity contribution in [3.05, 3.63) is 34.7 Å². The third-order valence-corrected chi connectivity index (χ3v) is 6.34. The molecule has 21 heavy (non-hydrogen) atoms. The summed E-state index contributed by atoms with van der Waals surface area (Å²) in [7, 11) is 0.728. The molecule has 0 bridgehead atoms. The Morgan fingerprint density at radius 1 is 1.19 bits per heavy atom. The van der Waals surface area contributed by atoms with Gasteiger partial charge in [-0.2, -0.15) is 0 Å². The number of halogens is 1. The van der Waals surface area contributed by atoms with Crippen molar-refractivity contribution < 1.29 is 17.9 Å². The first-order chi connectivity index (χ1) is 9.91. The summed E-state index contributed by atoms with van der Waals surface area (Å²) in [5, 5.41) is 2.06. The molecule has 0 saturated carbocycles. The number of nitrogens with zero attached hydrogens (tertiary/aromatic N) is 1. The smallest absolute Gasteiger partial charge is 0.273 e. The van der Waals surface area contributed by atoms with Crippen LogP contribution in [-0.2, 0) is 10.0 Å². The van der Waals surface area contributed by atoms with Gasteiger partial charge in [-0.05, 0) is 11.4 Å². The zero-order chi connectivity index (χ0) is 15.6. The molecule has 0 atom stereocenters. The van der Waals surface area contributed by atoms with Gasteiger partial charge in [-0.3, -0.25) is 4.31 Å². The highest BCUT2D eigenvalue weighted by Gasteiger charge is 2.26. The van der Waals surface area contributed by atoms with Gasteiger partial charge in [0, 0.05) is 19.2 Å². The maximum atomic E-state index is 12.6. The van der Waals surface area contributed by atoms with E-state index in [1.165, 1.54) is 33.4 Å². The van der Waals surface area contributed by atoms with Crippen LogP contribution >= 0.6 is 22.9 Å². The first kappa shape index (κ1) is 15.9. The average molecular weight is 348 g/mol. The predicted octanol–water partition coefficient (Wildman–Crippen LogP) is 3.24. The Morgan fingerprint density at radius 2 is 1.86 bits per heavy atom. The van der Waals surface area contributed by atoms with Crippen molar-refractivity contribution in [2.45, 2.75) is 4.21 Å². The molecule has 0 fully saturated rings. The minimum Gasteiger partial charge on any atom is -0.495 e. The number of rotatable bonds is 5. The highest BCUT2D eigenvalue weighted by Crippen LogP contribution is 2.39. The lowest BCUT2D eigenvalue weighted by Crippen LogP contribution is -2.26. The zero-order valence-corrected chi connectivity index (χ0v) is 14.1. The van der Waals surface area contributed by atoms with Crippen LogP contribution < -0.4 is 13.8 Å². The van der Waals surface area contributed by atoms with Gasteiger partial charge in [-0.15, -0.1) is 11.3 Å². The molecule has 0 amide bonds. The topological polar surface area (TPSA) is 55.8 Å². The van der Waals surface area contributed by atoms with Gasteiger partial charge in [0.25, 0.3) is 10.0 Å². The Labute approximate surface area is 132 Å². The highest BCUT2D eigenvalue weighted by molar-refractivity contribution is 7.94. The summed E-state index contributed by atoms with van der Waals surface area (Å²) in [5.74, 6) is 0.726. The Hall–Kier alpha value is -1.44. The number of benzene rings is 1. The summed E-state index contributed by atoms with van der Waals surface area (Å²) in [6.45, 7) is 0. The van der Waals surface area contributed by atoms with Crippen molar-refractivity contribution in [3.8, 4) is 11.5 Å². The monoisotopic (exact) mass is 347 g/mol. The summed E-state index contributed by atoms with van der Waals surface area (Å²) in [6, 6.07) is 6.30. The summed E-state index contributed by atoms with van der Waals surface area (Å²) in [4.78, 5) is 0. The fraction of sp³-hybridized carbons (Fsp3) is 0.231. The molecule has 1 heterocycles. The summed E-state index contributed by atoms with van der Waals surface area (Å²) in [6.07, 6.45) is 0. The van der Waals surface area contributed by atoms with E-state index in [-0.39, 0.29) is 4.21 Å². The molecule has 114 valence electrons. The molecule has 0 N–H and O–H groups in total. The van der Waals surface area contributed by atoms with Crippen LogP contribution in [0, 0.1) is 0 Å². The number of anilines is 1. The first-order valence-corrected chi connectivity index (χ1v) is 8.55. The number of hydrogen-bond donors (Lipinski definition) is 0. The molecule has 0 spiro atoms. The van der Waals surface area contributed by atoms with Crippen molar-refractivity contribution in [3.63, 3.8) is 0 Å². The van der Waals surface area contributed by atoms with Crippen LogP contribution in [-0.4, -0.2) is 29.7 Å². The van der Waals surface area contributed by atoms with Crippen molar-refractivity contribution in [2.75, 3.05) is 25.6 Å². The van der Waals surface area contributed by atoms with Crippen LogP contribution in [0.25, 0.3) is 0 Å². The fourth-order valence-electron chi connectivity index (χ4n) is 1.77. The van der Waals surface area contributed by atoms with Crippen molar-refractivity contribution in [2.24, 2.45) is 0 Å². The van der Waals surface area contributed by atoms with Crippen LogP contribution in [0.15, 0.2) is 33.9 Å². The second kappa shape index (κ2) is 6.13. The van der Waals surface area contributed by atoms with Crippen LogP contribution in [0.5, 0.6) is 11.5 Å². The molecule has 0 aliphatic heterocycles. The van der Waals surface area contributed by atoms with Crippen LogP contribution in [0.4, 0.5) is 5.69 Å². The Balaban J connectivity index is 2.55. The first-order valence-electron chi connectivity index (χ1n) is 5.85. The predicted molar refractivity (Wildman–Crippen MR) is 84.5 cm³/mol. The second-order valence-corrected chi connectivity index (χ2v) is 7.61. The van der Waals surface area contributed by atoms with E-state index in [1.807, 2.05) is 0 Å². The lowest BCUT2D eigenvalue weighted by atomic mass is 10.2. The normalized spacial score (nSPS) is 11.2. The Bertz CT molecular complexity index is 729. The van der Waals surface area contributed by atoms with Gasteiger partial charge in [0.05, 0.1) is 24.9 Å². The van der Waals surface area contributed by atoms with Crippen LogP contribution in [0.2, 0.25) is 5.02 Å². The average Bonchev–Trinajstić information content (AvgIpc) is 3.01. The Kier molecular flexibility index (Phi) is 4.65. The van der Waals surface area contributed by atoms with E-state index in [0.29, 0.717) is 22.2 Å². The number of methoxy groups -OCH3 is 2. The van der Waals surface area contributed by atoms with Gasteiger partial charge < -0.3 is 9.47 Å². The van der Waals surface area contributed by atoms with Crippen LogP contribution in [0.1, 0.15) is 0 Å². The molecule has 2 aromatic rings. The third-order valence-electron chi connectivity index (χ3n) is 2.90. The number of thiophene rings is 1. The number of hydrogen-bond acceptors (Lipinski definition) is 5. The van der Waals surface area contributed by atoms with Crippen molar-refractivity contribution in [1.29, 1.82) is 0 Å². The molecule has 0 aliphatic rings. The van der Waals surface area contributed by atoms with E-state index in [0.717, 1.165) is 15.6 Å². The quantitative estimate of drug-likeness (QED) is 0.833. The van der Waals surface area contributed by atoms with Gasteiger partial charge in [0.2, 0.25) is 0 Å². The van der Waals surface area contributed by atoms with Crippen molar-refractivity contribution in [1.82, 2.24) is 0 Å². The van der Waals surface area contributed by atoms with Crippen LogP contribution in [0.3, 0.4) is 0 Å². The van der Waals surface area contributed by atoms with Gasteiger partial charge in [0.15, 0.2) is 0 Å². The molecule has 1 aromatic heterocycles. The summed E-state index contributed by atoms with van der Waals surface area (Å²) < 4.78 is 36.9. The highest BCUT2D eigenvalue weighted by atomic mass is 35.5. The van der Waals surface area contributed by atoms with Gasteiger partial charge in [-0.25, -0.2) is 8.42 Å². The maximum Gasteiger partial charge on any atom is 0.273 e. The third kappa shape index (κ3) is 2.95. The van der Waals surface area contributed by atoms with Gasteiger partial charge >= 0.3 is 0 Å². The number of sulfonamides is 1. The van der Waals surface area contributed by atoms with E-state index in [9.17, 15) is 8.42 Å². The van der Waals surface area contributed by atoms with E-state index >= 15 is 0 Å². The lowest BCUT2D eigenvalue weighted by molar-refractivity contribution is 0.404. The molecule has 0 aliphatic carbocycles. The SMILES string of the molecule is COc1cc(N(C)S(=O)(=O)c2cccs2)c(OC)cc1Cl. The molecular formula is C13H14ClNO4S2. The molecule has 1 aromatic carbocycles. The molecular weight excluding hydrogens is 334 g/mol. The molecule has 2 rings (SSSR count). The van der Waals surface area contributed by atoms with E-state index in [1.54, 1.807) is 17.5 Å². The molecule has 5 nitrogen and oxygen atoms in total. The zero-order valence-electron chi connectivity index (χ0n) is 11.7. The summed E-state index contributed by atoms with van der Waals surface area (Å²) >= 11 is 7.18. The van der Waals surface area contributed by atoms with E-state index in [4.69, 9.17) is 21.1 Å². The lowest BCUT2D eigenvalue weighted by Gasteiger charge is -2.22. The molecule has 8 heteroatoms. The fourth-order valence-corrected chi connectivity index (χ4v) is 4.35.